The maximum atomic E-state index is 12.3. The minimum absolute atomic E-state index is 0.00265. The average Bonchev–Trinajstić information content (AvgIpc) is 3.25. The molecule has 0 aliphatic carbocycles. The number of hydrogen-bond acceptors (Lipinski definition) is 3. The molecule has 1 amide bonds. The maximum Gasteiger partial charge on any atom is 0.251 e. The lowest BCUT2D eigenvalue weighted by Gasteiger charge is -2.19. The van der Waals surface area contributed by atoms with Crippen molar-refractivity contribution in [3.63, 3.8) is 0 Å². The molecule has 0 unspecified atom stereocenters. The van der Waals surface area contributed by atoms with Crippen LogP contribution in [0.2, 0.25) is 0 Å². The Kier molecular flexibility index (Phi) is 9.22. The predicted molar refractivity (Wildman–Crippen MR) is 156 cm³/mol. The van der Waals surface area contributed by atoms with Gasteiger partial charge in [0.25, 0.3) is 5.91 Å². The van der Waals surface area contributed by atoms with Gasteiger partial charge in [0.1, 0.15) is 11.6 Å². The molecule has 3 aromatic carbocycles. The number of nitrogens with zero attached hydrogens (tertiary/aromatic N) is 2. The zero-order valence-electron chi connectivity index (χ0n) is 23.3. The molecule has 1 heterocycles. The Bertz CT molecular complexity index is 1330. The van der Waals surface area contributed by atoms with Gasteiger partial charge in [0.2, 0.25) is 0 Å². The second-order valence-electron chi connectivity index (χ2n) is 11.1. The number of carbonyl (C=O) groups is 1. The zero-order chi connectivity index (χ0) is 27.0. The summed E-state index contributed by atoms with van der Waals surface area (Å²) in [4.78, 5) is 17.3. The van der Waals surface area contributed by atoms with Crippen molar-refractivity contribution in [1.29, 1.82) is 0 Å². The number of fused-ring (bicyclic) bond motifs is 1. The van der Waals surface area contributed by atoms with E-state index >= 15 is 0 Å². The van der Waals surface area contributed by atoms with Gasteiger partial charge in [-0.1, -0.05) is 69.2 Å². The molecule has 0 saturated carbocycles. The first-order chi connectivity index (χ1) is 18.3. The van der Waals surface area contributed by atoms with Crippen molar-refractivity contribution >= 4 is 16.9 Å². The molecule has 38 heavy (non-hydrogen) atoms. The minimum atomic E-state index is 0.00265. The third-order valence-electron chi connectivity index (χ3n) is 6.89. The highest BCUT2D eigenvalue weighted by Gasteiger charge is 2.13. The molecule has 1 aromatic heterocycles. The number of aryl methyl sites for hydroxylation is 3. The number of unbranched alkanes of at least 4 members (excludes halogenated alkanes) is 2. The van der Waals surface area contributed by atoms with Gasteiger partial charge in [0.05, 0.1) is 17.6 Å². The number of carbonyl (C=O) groups excluding carboxylic acids is 1. The molecule has 0 radical (unpaired) electrons. The van der Waals surface area contributed by atoms with Crippen molar-refractivity contribution in [1.82, 2.24) is 14.9 Å². The van der Waals surface area contributed by atoms with Gasteiger partial charge in [-0.3, -0.25) is 4.79 Å². The fourth-order valence-electron chi connectivity index (χ4n) is 4.70. The third-order valence-corrected chi connectivity index (χ3v) is 6.89. The molecule has 4 rings (SSSR count). The Morgan fingerprint density at radius 3 is 2.47 bits per heavy atom. The largest absolute Gasteiger partial charge is 0.494 e. The highest BCUT2D eigenvalue weighted by molar-refractivity contribution is 5.94. The van der Waals surface area contributed by atoms with Crippen molar-refractivity contribution in [3.8, 4) is 5.75 Å². The van der Waals surface area contributed by atoms with Crippen LogP contribution in [-0.2, 0) is 18.4 Å². The topological polar surface area (TPSA) is 56.2 Å². The highest BCUT2D eigenvalue weighted by atomic mass is 16.5. The van der Waals surface area contributed by atoms with Crippen LogP contribution >= 0.6 is 0 Å². The van der Waals surface area contributed by atoms with E-state index in [1.807, 2.05) is 37.3 Å². The lowest BCUT2D eigenvalue weighted by molar-refractivity contribution is 0.0953. The van der Waals surface area contributed by atoms with Crippen LogP contribution in [0.4, 0.5) is 0 Å². The Morgan fingerprint density at radius 2 is 1.71 bits per heavy atom. The van der Waals surface area contributed by atoms with Gasteiger partial charge in [0.15, 0.2) is 0 Å². The van der Waals surface area contributed by atoms with Crippen molar-refractivity contribution < 1.29 is 9.53 Å². The zero-order valence-corrected chi connectivity index (χ0v) is 23.3. The molecule has 0 fully saturated rings. The Hall–Kier alpha value is -3.60. The Balaban J connectivity index is 1.24. The first kappa shape index (κ1) is 27.4. The molecule has 0 saturated heterocycles. The number of para-hydroxylation sites is 2. The molecule has 5 heteroatoms. The Labute approximate surface area is 227 Å². The molecule has 0 atom stereocenters. The lowest BCUT2D eigenvalue weighted by atomic mass is 9.87. The molecule has 4 aromatic rings. The van der Waals surface area contributed by atoms with E-state index in [0.717, 1.165) is 66.9 Å². The fourth-order valence-corrected chi connectivity index (χ4v) is 4.70. The summed E-state index contributed by atoms with van der Waals surface area (Å²) in [5, 5.41) is 3.04. The van der Waals surface area contributed by atoms with E-state index in [-0.39, 0.29) is 11.3 Å². The second kappa shape index (κ2) is 12.8. The van der Waals surface area contributed by atoms with Crippen LogP contribution < -0.4 is 10.1 Å². The highest BCUT2D eigenvalue weighted by Crippen LogP contribution is 2.24. The maximum absolute atomic E-state index is 12.3. The number of aromatic nitrogens is 2. The molecule has 5 nitrogen and oxygen atoms in total. The minimum Gasteiger partial charge on any atom is -0.494 e. The molecule has 1 N–H and O–H groups in total. The van der Waals surface area contributed by atoms with Gasteiger partial charge < -0.3 is 14.6 Å². The number of benzene rings is 3. The average molecular weight is 512 g/mol. The van der Waals surface area contributed by atoms with Crippen LogP contribution in [0.1, 0.15) is 73.8 Å². The molecule has 0 spiro atoms. The summed E-state index contributed by atoms with van der Waals surface area (Å²) < 4.78 is 8.39. The molecule has 0 bridgehead atoms. The third kappa shape index (κ3) is 7.47. The molecule has 200 valence electrons. The number of imidazole rings is 1. The van der Waals surface area contributed by atoms with Crippen LogP contribution in [0.15, 0.2) is 72.8 Å². The van der Waals surface area contributed by atoms with Crippen LogP contribution in [0.5, 0.6) is 5.75 Å². The first-order valence-electron chi connectivity index (χ1n) is 13.8. The standard InChI is InChI=1S/C33H41N3O2/c1-25-12-10-13-26(24-25)32(37)34-21-9-5-6-16-31-35-29-14-7-8-15-30(29)36(31)22-11-23-38-28-19-17-27(18-20-28)33(2,3)4/h7-8,10,12-15,17-20,24H,5-6,9,11,16,21-23H2,1-4H3,(H,34,37). The number of ether oxygens (including phenoxy) is 1. The van der Waals surface area contributed by atoms with Crippen LogP contribution in [0.3, 0.4) is 0 Å². The summed E-state index contributed by atoms with van der Waals surface area (Å²) >= 11 is 0. The van der Waals surface area contributed by atoms with E-state index in [1.54, 1.807) is 0 Å². The fraction of sp³-hybridized carbons (Fsp3) is 0.394. The lowest BCUT2D eigenvalue weighted by Crippen LogP contribution is -2.24. The Morgan fingerprint density at radius 1 is 0.921 bits per heavy atom. The van der Waals surface area contributed by atoms with Gasteiger partial charge in [-0.05, 0) is 73.6 Å². The van der Waals surface area contributed by atoms with E-state index in [4.69, 9.17) is 9.72 Å². The van der Waals surface area contributed by atoms with Crippen LogP contribution in [0, 0.1) is 6.92 Å². The van der Waals surface area contributed by atoms with Gasteiger partial charge in [-0.25, -0.2) is 4.98 Å². The summed E-state index contributed by atoms with van der Waals surface area (Å²) in [5.41, 5.74) is 5.51. The smallest absolute Gasteiger partial charge is 0.251 e. The van der Waals surface area contributed by atoms with Gasteiger partial charge >= 0.3 is 0 Å². The van der Waals surface area contributed by atoms with Crippen molar-refractivity contribution in [2.45, 2.75) is 71.8 Å². The SMILES string of the molecule is Cc1cccc(C(=O)NCCCCCc2nc3ccccc3n2CCCOc2ccc(C(C)(C)C)cc2)c1. The number of rotatable bonds is 12. The number of nitrogens with one attached hydrogen (secondary N) is 1. The first-order valence-corrected chi connectivity index (χ1v) is 13.8. The van der Waals surface area contributed by atoms with Crippen LogP contribution in [-0.4, -0.2) is 28.6 Å². The normalized spacial score (nSPS) is 11.6. The van der Waals surface area contributed by atoms with Crippen molar-refractivity contribution in [2.24, 2.45) is 0 Å². The van der Waals surface area contributed by atoms with Gasteiger partial charge in [0, 0.05) is 25.1 Å². The number of amides is 1. The van der Waals surface area contributed by atoms with E-state index in [9.17, 15) is 4.79 Å². The summed E-state index contributed by atoms with van der Waals surface area (Å²) in [6, 6.07) is 24.5. The summed E-state index contributed by atoms with van der Waals surface area (Å²) in [7, 11) is 0. The quantitative estimate of drug-likeness (QED) is 0.204. The summed E-state index contributed by atoms with van der Waals surface area (Å²) in [5.74, 6) is 2.05. The molecular weight excluding hydrogens is 470 g/mol. The van der Waals surface area contributed by atoms with Crippen molar-refractivity contribution in [3.05, 3.63) is 95.3 Å². The second-order valence-corrected chi connectivity index (χ2v) is 11.1. The molecule has 0 aliphatic rings. The molecule has 0 aliphatic heterocycles. The summed E-state index contributed by atoms with van der Waals surface area (Å²) in [6.07, 6.45) is 4.89. The van der Waals surface area contributed by atoms with E-state index in [1.165, 1.54) is 11.1 Å². The van der Waals surface area contributed by atoms with E-state index < -0.39 is 0 Å². The van der Waals surface area contributed by atoms with Crippen LogP contribution in [0.25, 0.3) is 11.0 Å². The van der Waals surface area contributed by atoms with Gasteiger partial charge in [-0.15, -0.1) is 0 Å². The summed E-state index contributed by atoms with van der Waals surface area (Å²) in [6.45, 7) is 10.9. The monoisotopic (exact) mass is 511 g/mol. The van der Waals surface area contributed by atoms with Gasteiger partial charge in [-0.2, -0.15) is 0 Å². The number of hydrogen-bond donors (Lipinski definition) is 1. The predicted octanol–water partition coefficient (Wildman–Crippen LogP) is 7.25. The van der Waals surface area contributed by atoms with E-state index in [0.29, 0.717) is 13.2 Å². The molecular formula is C33H41N3O2. The van der Waals surface area contributed by atoms with Crippen molar-refractivity contribution in [2.75, 3.05) is 13.2 Å². The van der Waals surface area contributed by atoms with E-state index in [2.05, 4.69) is 73.1 Å².